The van der Waals surface area contributed by atoms with E-state index in [-0.39, 0.29) is 11.0 Å². The molecule has 0 atom stereocenters. The normalized spacial score (nSPS) is 10.0. The molecular weight excluding hydrogens is 314 g/mol. The van der Waals surface area contributed by atoms with Gasteiger partial charge in [-0.3, -0.25) is 4.31 Å². The topological polar surface area (TPSA) is 71.5 Å². The fraction of sp³-hybridized carbons (Fsp3) is 0.0714. The molecular formula is C14H12ClNO4S. The largest absolute Gasteiger partial charge is 0.373 e. The van der Waals surface area contributed by atoms with E-state index in [4.69, 9.17) is 21.2 Å². The Labute approximate surface area is 127 Å². The predicted octanol–water partition coefficient (Wildman–Crippen LogP) is 2.58. The van der Waals surface area contributed by atoms with Crippen LogP contribution in [-0.4, -0.2) is 21.6 Å². The molecule has 2 rings (SSSR count). The Morgan fingerprint density at radius 3 is 1.90 bits per heavy atom. The van der Waals surface area contributed by atoms with E-state index < -0.39 is 10.0 Å². The van der Waals surface area contributed by atoms with Crippen LogP contribution in [0.1, 0.15) is 0 Å². The van der Waals surface area contributed by atoms with Gasteiger partial charge < -0.3 is 0 Å². The van der Waals surface area contributed by atoms with Gasteiger partial charge in [0.15, 0.2) is 0 Å². The molecule has 0 fully saturated rings. The average molecular weight is 326 g/mol. The maximum absolute atomic E-state index is 12.3. The molecule has 0 saturated carbocycles. The van der Waals surface area contributed by atoms with Crippen molar-refractivity contribution in [3.8, 4) is 0 Å². The minimum atomic E-state index is -3.51. The van der Waals surface area contributed by atoms with Gasteiger partial charge in [-0.25, -0.2) is 8.42 Å². The third kappa shape index (κ3) is 4.43. The average Bonchev–Trinajstić information content (AvgIpc) is 2.49. The maximum atomic E-state index is 12.3. The first-order valence-electron chi connectivity index (χ1n) is 5.72. The van der Waals surface area contributed by atoms with Crippen molar-refractivity contribution in [2.24, 2.45) is 0 Å². The fourth-order valence-electron chi connectivity index (χ4n) is 1.54. The molecule has 110 valence electrons. The third-order valence-corrected chi connectivity index (χ3v) is 4.64. The molecule has 0 saturated heterocycles. The summed E-state index contributed by atoms with van der Waals surface area (Å²) in [5.41, 5.74) is 0.572. The van der Waals surface area contributed by atoms with Crippen LogP contribution in [-0.2, 0) is 19.6 Å². The van der Waals surface area contributed by atoms with Crippen LogP contribution in [0, 0.1) is 0 Å². The van der Waals surface area contributed by atoms with Crippen LogP contribution in [0.2, 0.25) is 5.02 Å². The van der Waals surface area contributed by atoms with Gasteiger partial charge in [0.2, 0.25) is 0 Å². The second-order valence-electron chi connectivity index (χ2n) is 3.85. The zero-order chi connectivity index (χ0) is 15.9. The van der Waals surface area contributed by atoms with Crippen molar-refractivity contribution in [1.82, 2.24) is 0 Å². The van der Waals surface area contributed by atoms with Gasteiger partial charge in [-0.2, -0.15) is 9.59 Å². The Hall–Kier alpha value is -2.14. The van der Waals surface area contributed by atoms with Crippen molar-refractivity contribution in [3.05, 3.63) is 59.6 Å². The Kier molecular flexibility index (Phi) is 6.11. The molecule has 2 aromatic carbocycles. The standard InChI is InChI=1S/C13H12ClNO2S.CO2/c1-15(12-9-7-11(14)8-10-12)18(16,17)13-5-3-2-4-6-13;2-1-3/h2-10H,1H3;. The zero-order valence-electron chi connectivity index (χ0n) is 11.1. The molecule has 21 heavy (non-hydrogen) atoms. The molecule has 0 spiro atoms. The van der Waals surface area contributed by atoms with Crippen molar-refractivity contribution in [3.63, 3.8) is 0 Å². The molecule has 7 heteroatoms. The van der Waals surface area contributed by atoms with Crippen LogP contribution in [0.5, 0.6) is 0 Å². The highest BCUT2D eigenvalue weighted by Gasteiger charge is 2.20. The minimum Gasteiger partial charge on any atom is -0.269 e. The minimum absolute atomic E-state index is 0.250. The highest BCUT2D eigenvalue weighted by atomic mass is 35.5. The lowest BCUT2D eigenvalue weighted by Crippen LogP contribution is -2.26. The summed E-state index contributed by atoms with van der Waals surface area (Å²) in [5, 5.41) is 0.573. The summed E-state index contributed by atoms with van der Waals surface area (Å²) < 4.78 is 25.9. The molecule has 2 aromatic rings. The van der Waals surface area contributed by atoms with E-state index in [2.05, 4.69) is 0 Å². The molecule has 0 radical (unpaired) electrons. The molecule has 0 N–H and O–H groups in total. The molecule has 0 amide bonds. The first-order chi connectivity index (χ1) is 9.93. The summed E-state index contributed by atoms with van der Waals surface area (Å²) in [4.78, 5) is 16.5. The van der Waals surface area contributed by atoms with Crippen molar-refractivity contribution < 1.29 is 18.0 Å². The molecule has 0 bridgehead atoms. The summed E-state index contributed by atoms with van der Waals surface area (Å²) in [7, 11) is -2.00. The van der Waals surface area contributed by atoms with Gasteiger partial charge >= 0.3 is 6.15 Å². The van der Waals surface area contributed by atoms with Crippen LogP contribution >= 0.6 is 11.6 Å². The lowest BCUT2D eigenvalue weighted by molar-refractivity contribution is -0.191. The lowest BCUT2D eigenvalue weighted by atomic mass is 10.3. The van der Waals surface area contributed by atoms with Crippen LogP contribution in [0.15, 0.2) is 59.5 Å². The van der Waals surface area contributed by atoms with Crippen LogP contribution < -0.4 is 4.31 Å². The van der Waals surface area contributed by atoms with Crippen molar-refractivity contribution in [1.29, 1.82) is 0 Å². The van der Waals surface area contributed by atoms with E-state index in [1.807, 2.05) is 0 Å². The summed E-state index contributed by atoms with van der Waals surface area (Å²) in [6, 6.07) is 15.0. The Bertz CT molecular complexity index is 708. The van der Waals surface area contributed by atoms with E-state index in [1.54, 1.807) is 54.6 Å². The fourth-order valence-corrected chi connectivity index (χ4v) is 2.88. The maximum Gasteiger partial charge on any atom is 0.373 e. The van der Waals surface area contributed by atoms with Crippen molar-refractivity contribution >= 4 is 33.5 Å². The molecule has 0 aliphatic carbocycles. The van der Waals surface area contributed by atoms with Gasteiger partial charge in [-0.05, 0) is 36.4 Å². The summed E-state index contributed by atoms with van der Waals surface area (Å²) >= 11 is 5.78. The number of hydrogen-bond donors (Lipinski definition) is 0. The lowest BCUT2D eigenvalue weighted by Gasteiger charge is -2.19. The van der Waals surface area contributed by atoms with Gasteiger partial charge in [-0.15, -0.1) is 0 Å². The highest BCUT2D eigenvalue weighted by molar-refractivity contribution is 7.92. The molecule has 0 unspecified atom stereocenters. The molecule has 0 aliphatic heterocycles. The Morgan fingerprint density at radius 1 is 0.952 bits per heavy atom. The number of carbonyl (C=O) groups excluding carboxylic acids is 2. The number of hydrogen-bond acceptors (Lipinski definition) is 4. The van der Waals surface area contributed by atoms with Gasteiger partial charge in [0.1, 0.15) is 0 Å². The SMILES string of the molecule is CN(c1ccc(Cl)cc1)S(=O)(=O)c1ccccc1.O=C=O. The number of sulfonamides is 1. The molecule has 5 nitrogen and oxygen atoms in total. The van der Waals surface area contributed by atoms with E-state index in [9.17, 15) is 8.42 Å². The third-order valence-electron chi connectivity index (χ3n) is 2.59. The molecule has 0 aliphatic rings. The van der Waals surface area contributed by atoms with Crippen molar-refractivity contribution in [2.75, 3.05) is 11.4 Å². The summed E-state index contributed by atoms with van der Waals surface area (Å²) in [6.07, 6.45) is 0.250. The van der Waals surface area contributed by atoms with Gasteiger partial charge in [0.05, 0.1) is 10.6 Å². The number of halogens is 1. The summed E-state index contributed by atoms with van der Waals surface area (Å²) in [6.45, 7) is 0. The van der Waals surface area contributed by atoms with Crippen LogP contribution in [0.4, 0.5) is 5.69 Å². The second-order valence-corrected chi connectivity index (χ2v) is 6.25. The van der Waals surface area contributed by atoms with E-state index in [0.717, 1.165) is 0 Å². The Balaban J connectivity index is 0.000000677. The number of benzene rings is 2. The second kappa shape index (κ2) is 7.59. The van der Waals surface area contributed by atoms with Crippen LogP contribution in [0.3, 0.4) is 0 Å². The smallest absolute Gasteiger partial charge is 0.269 e. The molecule has 0 heterocycles. The summed E-state index contributed by atoms with van der Waals surface area (Å²) in [5.74, 6) is 0. The van der Waals surface area contributed by atoms with E-state index in [0.29, 0.717) is 10.7 Å². The number of rotatable bonds is 3. The molecule has 0 aromatic heterocycles. The highest BCUT2D eigenvalue weighted by Crippen LogP contribution is 2.23. The van der Waals surface area contributed by atoms with Gasteiger partial charge in [0, 0.05) is 12.1 Å². The monoisotopic (exact) mass is 325 g/mol. The Morgan fingerprint density at radius 2 is 1.43 bits per heavy atom. The van der Waals surface area contributed by atoms with Gasteiger partial charge in [-0.1, -0.05) is 29.8 Å². The van der Waals surface area contributed by atoms with Crippen molar-refractivity contribution in [2.45, 2.75) is 4.90 Å². The number of anilines is 1. The van der Waals surface area contributed by atoms with E-state index in [1.165, 1.54) is 11.4 Å². The zero-order valence-corrected chi connectivity index (χ0v) is 12.6. The van der Waals surface area contributed by atoms with E-state index >= 15 is 0 Å². The number of nitrogens with zero attached hydrogens (tertiary/aromatic N) is 1. The quantitative estimate of drug-likeness (QED) is 0.869. The predicted molar refractivity (Wildman–Crippen MR) is 78.5 cm³/mol. The first-order valence-corrected chi connectivity index (χ1v) is 7.54. The van der Waals surface area contributed by atoms with Gasteiger partial charge in [0.25, 0.3) is 10.0 Å². The first kappa shape index (κ1) is 16.9. The van der Waals surface area contributed by atoms with Crippen LogP contribution in [0.25, 0.3) is 0 Å².